The Morgan fingerprint density at radius 1 is 1.42 bits per heavy atom. The Balaban J connectivity index is 1.69. The molecule has 1 amide bonds. The molecule has 0 unspecified atom stereocenters. The van der Waals surface area contributed by atoms with Crippen LogP contribution in [0.3, 0.4) is 0 Å². The fraction of sp³-hybridized carbons (Fsp3) is 0.312. The second-order valence-corrected chi connectivity index (χ2v) is 6.94. The van der Waals surface area contributed by atoms with E-state index in [1.165, 1.54) is 23.1 Å². The normalized spacial score (nSPS) is 10.2. The Bertz CT molecular complexity index is 676. The summed E-state index contributed by atoms with van der Waals surface area (Å²) in [7, 11) is 1.65. The smallest absolute Gasteiger partial charge is 0.230 e. The molecular weight excluding hydrogens is 344 g/mol. The van der Waals surface area contributed by atoms with E-state index in [1.807, 2.05) is 24.3 Å². The third-order valence-electron chi connectivity index (χ3n) is 3.04. The Kier molecular flexibility index (Phi) is 7.57. The molecule has 0 bridgehead atoms. The van der Waals surface area contributed by atoms with Crippen molar-refractivity contribution in [1.29, 1.82) is 0 Å². The summed E-state index contributed by atoms with van der Waals surface area (Å²) in [6.07, 6.45) is 2.48. The van der Waals surface area contributed by atoms with Crippen molar-refractivity contribution >= 4 is 34.1 Å². The van der Waals surface area contributed by atoms with Crippen LogP contribution in [0, 0.1) is 0 Å². The number of carbonyl (C=O) groups excluding carboxylic acids is 1. The van der Waals surface area contributed by atoms with Crippen LogP contribution in [-0.4, -0.2) is 42.1 Å². The van der Waals surface area contributed by atoms with Gasteiger partial charge in [-0.05, 0) is 18.1 Å². The molecule has 2 rings (SSSR count). The van der Waals surface area contributed by atoms with Gasteiger partial charge in [-0.15, -0.1) is 16.8 Å². The lowest BCUT2D eigenvalue weighted by molar-refractivity contribution is -0.118. The molecule has 0 spiro atoms. The summed E-state index contributed by atoms with van der Waals surface area (Å²) < 4.78 is 6.06. The molecule has 2 aromatic rings. The van der Waals surface area contributed by atoms with E-state index in [0.717, 1.165) is 27.2 Å². The molecule has 1 heterocycles. The highest BCUT2D eigenvalue weighted by atomic mass is 32.2. The van der Waals surface area contributed by atoms with Gasteiger partial charge in [0.15, 0.2) is 4.34 Å². The first-order valence-electron chi connectivity index (χ1n) is 7.42. The van der Waals surface area contributed by atoms with E-state index in [0.29, 0.717) is 18.8 Å². The largest absolute Gasteiger partial charge is 0.496 e. The highest BCUT2D eigenvalue weighted by molar-refractivity contribution is 8.01. The zero-order valence-corrected chi connectivity index (χ0v) is 15.1. The van der Waals surface area contributed by atoms with Crippen molar-refractivity contribution in [2.24, 2.45) is 0 Å². The van der Waals surface area contributed by atoms with Crippen molar-refractivity contribution in [1.82, 2.24) is 15.5 Å². The number of aromatic nitrogens is 2. The summed E-state index contributed by atoms with van der Waals surface area (Å²) >= 11 is 2.80. The molecule has 0 radical (unpaired) electrons. The van der Waals surface area contributed by atoms with E-state index in [9.17, 15) is 4.79 Å². The molecule has 0 aliphatic carbocycles. The second-order valence-electron chi connectivity index (χ2n) is 4.74. The summed E-state index contributed by atoms with van der Waals surface area (Å²) in [4.78, 5) is 11.9. The molecule has 0 fully saturated rings. The lowest BCUT2D eigenvalue weighted by Crippen LogP contribution is -2.27. The number of hydrogen-bond acceptors (Lipinski definition) is 7. The highest BCUT2D eigenvalue weighted by Gasteiger charge is 2.08. The zero-order chi connectivity index (χ0) is 17.2. The number of nitrogens with one attached hydrogen (secondary N) is 2. The van der Waals surface area contributed by atoms with Crippen LogP contribution in [0.2, 0.25) is 0 Å². The van der Waals surface area contributed by atoms with Crippen LogP contribution in [0.25, 0.3) is 0 Å². The van der Waals surface area contributed by atoms with Crippen molar-refractivity contribution in [2.45, 2.75) is 10.8 Å². The number of para-hydroxylation sites is 1. The number of anilines is 1. The summed E-state index contributed by atoms with van der Waals surface area (Å²) in [6.45, 7) is 4.84. The predicted octanol–water partition coefficient (Wildman–Crippen LogP) is 2.60. The van der Waals surface area contributed by atoms with Gasteiger partial charge < -0.3 is 15.4 Å². The van der Waals surface area contributed by atoms with E-state index < -0.39 is 0 Å². The lowest BCUT2D eigenvalue weighted by Gasteiger charge is -2.08. The van der Waals surface area contributed by atoms with Gasteiger partial charge in [0, 0.05) is 13.1 Å². The molecule has 128 valence electrons. The molecular formula is C16H20N4O2S2. The van der Waals surface area contributed by atoms with Crippen LogP contribution in [0.1, 0.15) is 5.56 Å². The first-order chi connectivity index (χ1) is 11.7. The van der Waals surface area contributed by atoms with Gasteiger partial charge in [0.25, 0.3) is 0 Å². The number of benzene rings is 1. The number of carbonyl (C=O) groups is 1. The Morgan fingerprint density at radius 2 is 2.25 bits per heavy atom. The van der Waals surface area contributed by atoms with Gasteiger partial charge in [0.05, 0.1) is 12.9 Å². The van der Waals surface area contributed by atoms with Gasteiger partial charge in [-0.2, -0.15) is 0 Å². The number of thioether (sulfide) groups is 1. The van der Waals surface area contributed by atoms with Gasteiger partial charge >= 0.3 is 0 Å². The minimum atomic E-state index is -0.0225. The molecule has 1 aromatic heterocycles. The van der Waals surface area contributed by atoms with Gasteiger partial charge in [-0.3, -0.25) is 4.79 Å². The van der Waals surface area contributed by atoms with Crippen LogP contribution in [0.15, 0.2) is 41.3 Å². The van der Waals surface area contributed by atoms with Gasteiger partial charge in [0.1, 0.15) is 5.75 Å². The van der Waals surface area contributed by atoms with Crippen LogP contribution in [0.4, 0.5) is 5.13 Å². The van der Waals surface area contributed by atoms with Gasteiger partial charge in [-0.25, -0.2) is 0 Å². The molecule has 0 atom stereocenters. The summed E-state index contributed by atoms with van der Waals surface area (Å²) in [5.41, 5.74) is 1.08. The first-order valence-corrected chi connectivity index (χ1v) is 9.22. The van der Waals surface area contributed by atoms with Crippen LogP contribution >= 0.6 is 23.1 Å². The number of ether oxygens (including phenoxy) is 1. The van der Waals surface area contributed by atoms with Crippen molar-refractivity contribution in [3.8, 4) is 5.75 Å². The second kappa shape index (κ2) is 9.94. The van der Waals surface area contributed by atoms with Crippen molar-refractivity contribution < 1.29 is 9.53 Å². The number of amides is 1. The number of rotatable bonds is 10. The Hall–Kier alpha value is -2.06. The first kappa shape index (κ1) is 18.3. The third kappa shape index (κ3) is 5.86. The maximum Gasteiger partial charge on any atom is 0.230 e. The Morgan fingerprint density at radius 3 is 3.04 bits per heavy atom. The third-order valence-corrected chi connectivity index (χ3v) is 5.05. The molecule has 0 saturated heterocycles. The summed E-state index contributed by atoms with van der Waals surface area (Å²) in [5, 5.41) is 14.7. The van der Waals surface area contributed by atoms with Crippen molar-refractivity contribution in [3.05, 3.63) is 42.5 Å². The molecule has 0 aliphatic heterocycles. The van der Waals surface area contributed by atoms with Gasteiger partial charge in [0.2, 0.25) is 11.0 Å². The highest BCUT2D eigenvalue weighted by Crippen LogP contribution is 2.25. The van der Waals surface area contributed by atoms with E-state index >= 15 is 0 Å². The van der Waals surface area contributed by atoms with Crippen LogP contribution in [-0.2, 0) is 11.2 Å². The molecule has 6 nitrogen and oxygen atoms in total. The average molecular weight is 364 g/mol. The fourth-order valence-corrected chi connectivity index (χ4v) is 3.51. The van der Waals surface area contributed by atoms with Crippen molar-refractivity contribution in [3.63, 3.8) is 0 Å². The number of nitrogens with zero attached hydrogens (tertiary/aromatic N) is 2. The molecule has 0 aliphatic rings. The van der Waals surface area contributed by atoms with E-state index in [2.05, 4.69) is 27.4 Å². The quantitative estimate of drug-likeness (QED) is 0.498. The topological polar surface area (TPSA) is 76.1 Å². The SMILES string of the molecule is C=CCNc1nnc(SCC(=O)NCCc2ccccc2OC)s1. The molecule has 24 heavy (non-hydrogen) atoms. The summed E-state index contributed by atoms with van der Waals surface area (Å²) in [5.74, 6) is 1.14. The Labute approximate surface area is 149 Å². The average Bonchev–Trinajstić information content (AvgIpc) is 3.06. The predicted molar refractivity (Wildman–Crippen MR) is 99.0 cm³/mol. The summed E-state index contributed by atoms with van der Waals surface area (Å²) in [6, 6.07) is 7.81. The minimum Gasteiger partial charge on any atom is -0.496 e. The molecule has 8 heteroatoms. The van der Waals surface area contributed by atoms with Crippen molar-refractivity contribution in [2.75, 3.05) is 31.3 Å². The van der Waals surface area contributed by atoms with E-state index in [-0.39, 0.29) is 5.91 Å². The lowest BCUT2D eigenvalue weighted by atomic mass is 10.1. The molecule has 2 N–H and O–H groups in total. The van der Waals surface area contributed by atoms with Gasteiger partial charge in [-0.1, -0.05) is 47.4 Å². The zero-order valence-electron chi connectivity index (χ0n) is 13.4. The maximum absolute atomic E-state index is 11.9. The number of hydrogen-bond donors (Lipinski definition) is 2. The van der Waals surface area contributed by atoms with E-state index in [4.69, 9.17) is 4.74 Å². The minimum absolute atomic E-state index is 0.0225. The fourth-order valence-electron chi connectivity index (χ4n) is 1.92. The van der Waals surface area contributed by atoms with Crippen LogP contribution < -0.4 is 15.4 Å². The van der Waals surface area contributed by atoms with E-state index in [1.54, 1.807) is 13.2 Å². The standard InChI is InChI=1S/C16H20N4O2S2/c1-3-9-18-15-19-20-16(24-15)23-11-14(21)17-10-8-12-6-4-5-7-13(12)22-2/h3-7H,1,8-11H2,2H3,(H,17,21)(H,18,19). The molecule has 1 aromatic carbocycles. The maximum atomic E-state index is 11.9. The molecule has 0 saturated carbocycles. The monoisotopic (exact) mass is 364 g/mol. The van der Waals surface area contributed by atoms with Crippen LogP contribution in [0.5, 0.6) is 5.75 Å². The number of methoxy groups -OCH3 is 1.